The molecule has 7 nitrogen and oxygen atoms in total. The summed E-state index contributed by atoms with van der Waals surface area (Å²) in [5.74, 6) is 2.56. The third-order valence-corrected chi connectivity index (χ3v) is 6.13. The maximum absolute atomic E-state index is 12.6. The molecule has 1 fully saturated rings. The predicted molar refractivity (Wildman–Crippen MR) is 113 cm³/mol. The molecule has 158 valence electrons. The Labute approximate surface area is 180 Å². The number of carbonyl (C=O) groups excluding carboxylic acids is 2. The molecule has 2 aliphatic rings. The van der Waals surface area contributed by atoms with Gasteiger partial charge in [-0.15, -0.1) is 0 Å². The zero-order valence-electron chi connectivity index (χ0n) is 17.4. The van der Waals surface area contributed by atoms with Crippen molar-refractivity contribution in [3.63, 3.8) is 0 Å². The van der Waals surface area contributed by atoms with Crippen LogP contribution in [-0.4, -0.2) is 40.6 Å². The molecule has 1 aromatic heterocycles. The third kappa shape index (κ3) is 4.59. The van der Waals surface area contributed by atoms with E-state index < -0.39 is 0 Å². The van der Waals surface area contributed by atoms with Crippen molar-refractivity contribution in [1.29, 1.82) is 0 Å². The highest BCUT2D eigenvalue weighted by atomic mass is 32.2. The minimum atomic E-state index is -0.185. The van der Waals surface area contributed by atoms with Crippen molar-refractivity contribution < 1.29 is 19.1 Å². The third-order valence-electron chi connectivity index (χ3n) is 5.15. The molecule has 0 saturated heterocycles. The lowest BCUT2D eigenvalue weighted by molar-refractivity contribution is -0.119. The molecule has 0 radical (unpaired) electrons. The summed E-state index contributed by atoms with van der Waals surface area (Å²) in [5.41, 5.74) is 2.14. The molecule has 0 spiro atoms. The molecule has 1 aliphatic heterocycles. The van der Waals surface area contributed by atoms with Crippen LogP contribution in [0, 0.1) is 6.92 Å². The fourth-order valence-electron chi connectivity index (χ4n) is 3.43. The number of ketones is 1. The van der Waals surface area contributed by atoms with Gasteiger partial charge in [-0.2, -0.15) is 0 Å². The van der Waals surface area contributed by atoms with Gasteiger partial charge in [0.15, 0.2) is 17.3 Å². The van der Waals surface area contributed by atoms with Crippen LogP contribution in [-0.2, 0) is 4.79 Å². The number of nitrogens with one attached hydrogen (secondary N) is 1. The quantitative estimate of drug-likeness (QED) is 0.410. The number of amides is 1. The maximum Gasteiger partial charge on any atom is 0.230 e. The van der Waals surface area contributed by atoms with Gasteiger partial charge in [-0.25, -0.2) is 9.97 Å². The lowest BCUT2D eigenvalue weighted by Gasteiger charge is -2.21. The van der Waals surface area contributed by atoms with E-state index in [-0.39, 0.29) is 23.5 Å². The Bertz CT molecular complexity index is 991. The van der Waals surface area contributed by atoms with E-state index in [0.717, 1.165) is 30.0 Å². The topological polar surface area (TPSA) is 90.4 Å². The summed E-state index contributed by atoms with van der Waals surface area (Å²) < 4.78 is 11.2. The molecule has 8 heteroatoms. The van der Waals surface area contributed by atoms with Crippen LogP contribution in [0.25, 0.3) is 0 Å². The van der Waals surface area contributed by atoms with Gasteiger partial charge in [-0.1, -0.05) is 17.8 Å². The summed E-state index contributed by atoms with van der Waals surface area (Å²) in [6, 6.07) is 5.50. The molecule has 2 heterocycles. The highest BCUT2D eigenvalue weighted by molar-refractivity contribution is 8.00. The summed E-state index contributed by atoms with van der Waals surface area (Å²) in [7, 11) is 0. The largest absolute Gasteiger partial charge is 0.486 e. The summed E-state index contributed by atoms with van der Waals surface area (Å²) >= 11 is 1.29. The van der Waals surface area contributed by atoms with E-state index in [1.54, 1.807) is 0 Å². The number of rotatable bonds is 7. The smallest absolute Gasteiger partial charge is 0.230 e. The van der Waals surface area contributed by atoms with E-state index >= 15 is 0 Å². The van der Waals surface area contributed by atoms with Crippen LogP contribution in [0.5, 0.6) is 11.5 Å². The lowest BCUT2D eigenvalue weighted by Crippen LogP contribution is -2.28. The van der Waals surface area contributed by atoms with Gasteiger partial charge in [0, 0.05) is 5.92 Å². The number of hydrogen-bond donors (Lipinski definition) is 1. The van der Waals surface area contributed by atoms with Crippen LogP contribution in [0.1, 0.15) is 66.1 Å². The highest BCUT2D eigenvalue weighted by Crippen LogP contribution is 2.39. The summed E-state index contributed by atoms with van der Waals surface area (Å²) in [4.78, 5) is 33.8. The molecule has 0 bridgehead atoms. The zero-order valence-corrected chi connectivity index (χ0v) is 18.2. The molecule has 1 atom stereocenters. The molecule has 1 N–H and O–H groups in total. The molecule has 1 aromatic carbocycles. The van der Waals surface area contributed by atoms with Gasteiger partial charge in [-0.3, -0.25) is 9.59 Å². The molecular formula is C22H25N3O4S. The Morgan fingerprint density at radius 3 is 2.63 bits per heavy atom. The Balaban J connectivity index is 1.42. The van der Waals surface area contributed by atoms with Crippen LogP contribution >= 0.6 is 11.8 Å². The number of carbonyl (C=O) groups is 2. The standard InChI is InChI=1S/C22H25N3O4S/c1-12(16-6-7-17-18(10-16)29-9-8-28-17)23-19(27)11-30-22-20(14(3)26)13(2)24-21(25-22)15-4-5-15/h6-7,10,12,15H,4-5,8-9,11H2,1-3H3,(H,23,27)/t12-/m0/s1. The first-order valence-electron chi connectivity index (χ1n) is 10.1. The van der Waals surface area contributed by atoms with Crippen molar-refractivity contribution in [1.82, 2.24) is 15.3 Å². The molecule has 2 aromatic rings. The number of benzene rings is 1. The average molecular weight is 428 g/mol. The van der Waals surface area contributed by atoms with Crippen LogP contribution < -0.4 is 14.8 Å². The number of Topliss-reactive ketones (excluding diaryl/α,β-unsaturated/α-hetero) is 1. The second kappa shape index (κ2) is 8.63. The van der Waals surface area contributed by atoms with Crippen molar-refractivity contribution in [2.45, 2.75) is 50.6 Å². The van der Waals surface area contributed by atoms with E-state index in [9.17, 15) is 9.59 Å². The van der Waals surface area contributed by atoms with Crippen molar-refractivity contribution in [2.24, 2.45) is 0 Å². The van der Waals surface area contributed by atoms with E-state index in [2.05, 4.69) is 15.3 Å². The number of ether oxygens (including phenoxy) is 2. The Kier molecular flexibility index (Phi) is 5.94. The molecule has 1 amide bonds. The van der Waals surface area contributed by atoms with E-state index in [1.165, 1.54) is 18.7 Å². The van der Waals surface area contributed by atoms with Crippen molar-refractivity contribution in [3.8, 4) is 11.5 Å². The van der Waals surface area contributed by atoms with E-state index in [0.29, 0.717) is 41.2 Å². The highest BCUT2D eigenvalue weighted by Gasteiger charge is 2.29. The number of aryl methyl sites for hydroxylation is 1. The molecule has 0 unspecified atom stereocenters. The fourth-order valence-corrected chi connectivity index (χ4v) is 4.38. The first kappa shape index (κ1) is 20.7. The summed E-state index contributed by atoms with van der Waals surface area (Å²) in [6.07, 6.45) is 2.16. The van der Waals surface area contributed by atoms with Crippen LogP contribution in [0.15, 0.2) is 23.2 Å². The van der Waals surface area contributed by atoms with Gasteiger partial charge in [-0.05, 0) is 51.3 Å². The van der Waals surface area contributed by atoms with Crippen molar-refractivity contribution in [2.75, 3.05) is 19.0 Å². The molecular weight excluding hydrogens is 402 g/mol. The van der Waals surface area contributed by atoms with Crippen molar-refractivity contribution in [3.05, 3.63) is 40.8 Å². The lowest BCUT2D eigenvalue weighted by atomic mass is 10.1. The first-order valence-corrected chi connectivity index (χ1v) is 11.1. The zero-order chi connectivity index (χ0) is 21.3. The Morgan fingerprint density at radius 2 is 1.93 bits per heavy atom. The minimum absolute atomic E-state index is 0.0811. The minimum Gasteiger partial charge on any atom is -0.486 e. The normalized spacial score (nSPS) is 16.1. The molecule has 1 saturated carbocycles. The number of aromatic nitrogens is 2. The molecule has 30 heavy (non-hydrogen) atoms. The van der Waals surface area contributed by atoms with E-state index in [1.807, 2.05) is 32.0 Å². The first-order chi connectivity index (χ1) is 14.4. The predicted octanol–water partition coefficient (Wildman–Crippen LogP) is 3.61. The van der Waals surface area contributed by atoms with Crippen molar-refractivity contribution >= 4 is 23.5 Å². The van der Waals surface area contributed by atoms with Crippen LogP contribution in [0.4, 0.5) is 0 Å². The number of hydrogen-bond acceptors (Lipinski definition) is 7. The SMILES string of the molecule is CC(=O)c1c(C)nc(C2CC2)nc1SCC(=O)N[C@@H](C)c1ccc2c(c1)OCCO2. The van der Waals surface area contributed by atoms with Crippen LogP contribution in [0.2, 0.25) is 0 Å². The monoisotopic (exact) mass is 427 g/mol. The molecule has 4 rings (SSSR count). The maximum atomic E-state index is 12.6. The van der Waals surface area contributed by atoms with Crippen LogP contribution in [0.3, 0.4) is 0 Å². The summed E-state index contributed by atoms with van der Waals surface area (Å²) in [5, 5.41) is 3.60. The van der Waals surface area contributed by atoms with Gasteiger partial charge in [0.2, 0.25) is 5.91 Å². The van der Waals surface area contributed by atoms with Gasteiger partial charge >= 0.3 is 0 Å². The number of thioether (sulfide) groups is 1. The second-order valence-corrected chi connectivity index (χ2v) is 8.62. The number of fused-ring (bicyclic) bond motifs is 1. The van der Waals surface area contributed by atoms with Gasteiger partial charge in [0.05, 0.1) is 23.1 Å². The number of nitrogens with zero attached hydrogens (tertiary/aromatic N) is 2. The van der Waals surface area contributed by atoms with Gasteiger partial charge in [0.25, 0.3) is 0 Å². The Hall–Kier alpha value is -2.61. The second-order valence-electron chi connectivity index (χ2n) is 7.66. The van der Waals surface area contributed by atoms with E-state index in [4.69, 9.17) is 9.47 Å². The Morgan fingerprint density at radius 1 is 1.20 bits per heavy atom. The summed E-state index contributed by atoms with van der Waals surface area (Å²) in [6.45, 7) is 6.33. The fraction of sp³-hybridized carbons (Fsp3) is 0.455. The molecule has 1 aliphatic carbocycles. The van der Waals surface area contributed by atoms with Gasteiger partial charge < -0.3 is 14.8 Å². The van der Waals surface area contributed by atoms with Gasteiger partial charge in [0.1, 0.15) is 24.1 Å². The average Bonchev–Trinajstić information content (AvgIpc) is 3.56.